The quantitative estimate of drug-likeness (QED) is 0.402. The van der Waals surface area contributed by atoms with Gasteiger partial charge in [0.25, 0.3) is 0 Å². The van der Waals surface area contributed by atoms with Crippen LogP contribution in [0.25, 0.3) is 21.1 Å². The molecule has 1 saturated heterocycles. The van der Waals surface area contributed by atoms with Crippen molar-refractivity contribution in [1.82, 2.24) is 25.1 Å². The fraction of sp³-hybridized carbons (Fsp3) is 0.417. The van der Waals surface area contributed by atoms with Crippen LogP contribution in [-0.4, -0.2) is 61.9 Å². The van der Waals surface area contributed by atoms with E-state index in [2.05, 4.69) is 25.5 Å². The number of aromatic amines is 1. The van der Waals surface area contributed by atoms with E-state index in [0.717, 1.165) is 51.2 Å². The average Bonchev–Trinajstić information content (AvgIpc) is 3.56. The topological polar surface area (TPSA) is 116 Å². The lowest BCUT2D eigenvalue weighted by molar-refractivity contribution is -0.135. The summed E-state index contributed by atoms with van der Waals surface area (Å²) >= 11 is 1.65. The maximum atomic E-state index is 13.0. The summed E-state index contributed by atoms with van der Waals surface area (Å²) in [5, 5.41) is 22.4. The van der Waals surface area contributed by atoms with Gasteiger partial charge in [0.2, 0.25) is 5.91 Å². The number of likely N-dealkylation sites (tertiary alicyclic amines) is 1. The molecule has 4 heterocycles. The van der Waals surface area contributed by atoms with Gasteiger partial charge in [-0.25, -0.2) is 9.97 Å². The van der Waals surface area contributed by atoms with Gasteiger partial charge in [-0.1, -0.05) is 0 Å². The third-order valence-electron chi connectivity index (χ3n) is 6.76. The van der Waals surface area contributed by atoms with Crippen molar-refractivity contribution < 1.29 is 14.6 Å². The van der Waals surface area contributed by atoms with Crippen LogP contribution in [0.4, 0.5) is 11.5 Å². The lowest BCUT2D eigenvalue weighted by Gasteiger charge is -2.26. The first-order chi connectivity index (χ1) is 16.6. The normalized spacial score (nSPS) is 20.1. The van der Waals surface area contributed by atoms with E-state index in [1.807, 2.05) is 24.0 Å². The number of carbonyl (C=O) groups excluding carboxylic acids is 1. The Labute approximate surface area is 200 Å². The third-order valence-corrected chi connectivity index (χ3v) is 7.93. The fourth-order valence-corrected chi connectivity index (χ4v) is 6.35. The summed E-state index contributed by atoms with van der Waals surface area (Å²) in [6.45, 7) is 3.61. The van der Waals surface area contributed by atoms with E-state index < -0.39 is 0 Å². The van der Waals surface area contributed by atoms with Crippen molar-refractivity contribution in [3.8, 4) is 5.75 Å². The maximum Gasteiger partial charge on any atom is 0.226 e. The lowest BCUT2D eigenvalue weighted by atomic mass is 9.87. The minimum atomic E-state index is -0.390. The van der Waals surface area contributed by atoms with Gasteiger partial charge in [-0.15, -0.1) is 11.3 Å². The molecule has 1 amide bonds. The van der Waals surface area contributed by atoms with Gasteiger partial charge in [-0.3, -0.25) is 9.89 Å². The Morgan fingerprint density at radius 3 is 3.09 bits per heavy atom. The molecule has 176 valence electrons. The highest BCUT2D eigenvalue weighted by molar-refractivity contribution is 7.19. The number of amides is 1. The number of benzene rings is 1. The molecule has 0 radical (unpaired) electrons. The van der Waals surface area contributed by atoms with Gasteiger partial charge < -0.3 is 20.1 Å². The highest BCUT2D eigenvalue weighted by Gasteiger charge is 2.34. The molecule has 2 aliphatic rings. The molecule has 3 N–H and O–H groups in total. The Bertz CT molecular complexity index is 1380. The number of hydrogen-bond acceptors (Lipinski definition) is 8. The van der Waals surface area contributed by atoms with E-state index in [4.69, 9.17) is 4.74 Å². The number of fused-ring (bicyclic) bond motifs is 4. The molecule has 0 bridgehead atoms. The first kappa shape index (κ1) is 21.3. The van der Waals surface area contributed by atoms with Crippen LogP contribution >= 0.6 is 11.3 Å². The molecule has 0 saturated carbocycles. The number of nitrogens with zero attached hydrogens (tertiary/aromatic N) is 4. The van der Waals surface area contributed by atoms with Gasteiger partial charge in [-0.05, 0) is 44.2 Å². The van der Waals surface area contributed by atoms with Crippen molar-refractivity contribution in [3.63, 3.8) is 0 Å². The highest BCUT2D eigenvalue weighted by Crippen LogP contribution is 2.42. The second kappa shape index (κ2) is 8.52. The molecule has 6 rings (SSSR count). The fourth-order valence-electron chi connectivity index (χ4n) is 5.09. The molecule has 3 aromatic heterocycles. The number of hydrogen-bond donors (Lipinski definition) is 3. The second-order valence-electron chi connectivity index (χ2n) is 8.94. The third kappa shape index (κ3) is 3.67. The standard InChI is InChI=1S/C24H26N6O3S/c1-2-33-19-9-17-14(10-27-29-17)7-18(19)28-22-21-16-4-3-13(24(32)30-6-5-15(31)11-30)8-20(16)34-23(21)26-12-25-22/h7,9-10,12-13,15,31H,2-6,8,11H2,1H3,(H,27,29)(H,25,26,28)/t13?,15-/m0/s1. The number of carbonyl (C=O) groups is 1. The van der Waals surface area contributed by atoms with Gasteiger partial charge in [0.15, 0.2) is 0 Å². The summed E-state index contributed by atoms with van der Waals surface area (Å²) in [4.78, 5) is 26.1. The van der Waals surface area contributed by atoms with E-state index in [9.17, 15) is 9.90 Å². The molecule has 1 aliphatic carbocycles. The molecular formula is C24H26N6O3S. The number of aliphatic hydroxyl groups excluding tert-OH is 1. The molecule has 10 heteroatoms. The van der Waals surface area contributed by atoms with Crippen LogP contribution in [0.3, 0.4) is 0 Å². The number of ether oxygens (including phenoxy) is 1. The molecule has 1 aromatic carbocycles. The molecule has 4 aromatic rings. The summed E-state index contributed by atoms with van der Waals surface area (Å²) < 4.78 is 5.88. The number of aryl methyl sites for hydroxylation is 1. The Morgan fingerprint density at radius 2 is 2.26 bits per heavy atom. The van der Waals surface area contributed by atoms with Crippen LogP contribution in [-0.2, 0) is 17.6 Å². The molecule has 1 unspecified atom stereocenters. The monoisotopic (exact) mass is 478 g/mol. The van der Waals surface area contributed by atoms with E-state index in [1.165, 1.54) is 10.4 Å². The van der Waals surface area contributed by atoms with Gasteiger partial charge in [-0.2, -0.15) is 5.10 Å². The number of β-amino-alcohol motifs (C(OH)–C–C–N with tert-alkyl or cyclic N) is 1. The molecule has 34 heavy (non-hydrogen) atoms. The average molecular weight is 479 g/mol. The zero-order chi connectivity index (χ0) is 23.2. The van der Waals surface area contributed by atoms with Crippen LogP contribution in [0, 0.1) is 5.92 Å². The number of H-pyrrole nitrogens is 1. The summed E-state index contributed by atoms with van der Waals surface area (Å²) in [6.07, 6.45) is 5.97. The van der Waals surface area contributed by atoms with E-state index in [1.54, 1.807) is 23.9 Å². The number of thiophene rings is 1. The maximum absolute atomic E-state index is 13.0. The minimum absolute atomic E-state index is 0.0386. The summed E-state index contributed by atoms with van der Waals surface area (Å²) in [5.41, 5.74) is 2.97. The highest BCUT2D eigenvalue weighted by atomic mass is 32.1. The molecule has 2 atom stereocenters. The SMILES string of the molecule is CCOc1cc2[nH]ncc2cc1Nc1ncnc2sc3c(c12)CCC(C(=O)N1CC[C@H](O)C1)C3. The number of aliphatic hydroxyl groups is 1. The first-order valence-corrected chi connectivity index (χ1v) is 12.5. The number of aromatic nitrogens is 4. The van der Waals surface area contributed by atoms with Crippen LogP contribution < -0.4 is 10.1 Å². The zero-order valence-corrected chi connectivity index (χ0v) is 19.7. The first-order valence-electron chi connectivity index (χ1n) is 11.7. The molecule has 0 spiro atoms. The van der Waals surface area contributed by atoms with Gasteiger partial charge in [0.1, 0.15) is 22.7 Å². The zero-order valence-electron chi connectivity index (χ0n) is 18.9. The Hall–Kier alpha value is -3.24. The van der Waals surface area contributed by atoms with Crippen LogP contribution in [0.15, 0.2) is 24.7 Å². The summed E-state index contributed by atoms with van der Waals surface area (Å²) in [5.74, 6) is 1.61. The number of rotatable bonds is 5. The van der Waals surface area contributed by atoms with Crippen molar-refractivity contribution in [1.29, 1.82) is 0 Å². The van der Waals surface area contributed by atoms with Crippen LogP contribution in [0.1, 0.15) is 30.2 Å². The molecule has 9 nitrogen and oxygen atoms in total. The smallest absolute Gasteiger partial charge is 0.226 e. The van der Waals surface area contributed by atoms with Gasteiger partial charge in [0.05, 0.1) is 35.5 Å². The van der Waals surface area contributed by atoms with Gasteiger partial charge in [0, 0.05) is 35.3 Å². The Balaban J connectivity index is 1.32. The van der Waals surface area contributed by atoms with E-state index in [-0.39, 0.29) is 17.9 Å². The molecule has 1 aliphatic heterocycles. The van der Waals surface area contributed by atoms with Crippen LogP contribution in [0.2, 0.25) is 0 Å². The number of nitrogens with one attached hydrogen (secondary N) is 2. The van der Waals surface area contributed by atoms with Gasteiger partial charge >= 0.3 is 0 Å². The lowest BCUT2D eigenvalue weighted by Crippen LogP contribution is -2.37. The summed E-state index contributed by atoms with van der Waals surface area (Å²) in [6, 6.07) is 3.96. The van der Waals surface area contributed by atoms with Crippen molar-refractivity contribution >= 4 is 49.9 Å². The van der Waals surface area contributed by atoms with Crippen molar-refractivity contribution in [3.05, 3.63) is 35.1 Å². The van der Waals surface area contributed by atoms with Crippen molar-refractivity contribution in [2.45, 2.75) is 38.7 Å². The predicted octanol–water partition coefficient (Wildman–Crippen LogP) is 3.41. The van der Waals surface area contributed by atoms with Crippen molar-refractivity contribution in [2.24, 2.45) is 5.92 Å². The largest absolute Gasteiger partial charge is 0.492 e. The second-order valence-corrected chi connectivity index (χ2v) is 10.0. The minimum Gasteiger partial charge on any atom is -0.492 e. The number of anilines is 2. The van der Waals surface area contributed by atoms with E-state index >= 15 is 0 Å². The molecular weight excluding hydrogens is 452 g/mol. The van der Waals surface area contributed by atoms with Crippen molar-refractivity contribution in [2.75, 3.05) is 25.0 Å². The summed E-state index contributed by atoms with van der Waals surface area (Å²) in [7, 11) is 0. The van der Waals surface area contributed by atoms with E-state index in [0.29, 0.717) is 32.5 Å². The Morgan fingerprint density at radius 1 is 1.35 bits per heavy atom. The Kier molecular flexibility index (Phi) is 5.34. The molecule has 1 fully saturated rings. The van der Waals surface area contributed by atoms with Crippen LogP contribution in [0.5, 0.6) is 5.75 Å². The predicted molar refractivity (Wildman–Crippen MR) is 131 cm³/mol.